The Morgan fingerprint density at radius 2 is 0.867 bits per heavy atom. The number of benzene rings is 2. The highest BCUT2D eigenvalue weighted by molar-refractivity contribution is 7.80. The van der Waals surface area contributed by atoms with Gasteiger partial charge in [0.05, 0.1) is 0 Å². The van der Waals surface area contributed by atoms with E-state index in [0.717, 1.165) is 0 Å². The molecule has 1 aliphatic heterocycles. The number of fused-ring (bicyclic) bond motifs is 4. The van der Waals surface area contributed by atoms with Crippen molar-refractivity contribution in [2.24, 2.45) is 0 Å². The first-order valence-electron chi connectivity index (χ1n) is 8.48. The van der Waals surface area contributed by atoms with Crippen LogP contribution in [-0.2, 0) is 67.5 Å². The minimum Gasteiger partial charge on any atom is -0.722 e. The second-order valence-electron chi connectivity index (χ2n) is 6.27. The van der Waals surface area contributed by atoms with Gasteiger partial charge in [0.25, 0.3) is 21.0 Å². The molecule has 0 radical (unpaired) electrons. The molecule has 6 nitrogen and oxygen atoms in total. The summed E-state index contributed by atoms with van der Waals surface area (Å²) < 4.78 is 70.7. The molecule has 0 spiro atoms. The van der Waals surface area contributed by atoms with Crippen molar-refractivity contribution in [2.45, 2.75) is 36.9 Å². The fourth-order valence-corrected chi connectivity index (χ4v) is 5.31. The van der Waals surface area contributed by atoms with E-state index in [1.807, 2.05) is 0 Å². The predicted octanol–water partition coefficient (Wildman–Crippen LogP) is 2.48. The maximum absolute atomic E-state index is 10.1. The number of thiol groups is 2. The number of rotatable bonds is 0. The van der Waals surface area contributed by atoms with E-state index in [0.29, 0.717) is 0 Å². The number of hydrogen-bond donors (Lipinski definition) is 0. The second-order valence-corrected chi connectivity index (χ2v) is 10.0. The Morgan fingerprint density at radius 1 is 0.667 bits per heavy atom. The summed E-state index contributed by atoms with van der Waals surface area (Å²) in [4.78, 5) is 0. The van der Waals surface area contributed by atoms with E-state index in [-0.39, 0.29) is 0 Å². The van der Waals surface area contributed by atoms with Crippen molar-refractivity contribution < 1.29 is 33.7 Å². The Hall–Kier alpha value is -1.18. The number of halogens is 2. The summed E-state index contributed by atoms with van der Waals surface area (Å²) in [6.45, 7) is 4.60. The van der Waals surface area contributed by atoms with Gasteiger partial charge in [-0.15, -0.1) is 7.77 Å². The van der Waals surface area contributed by atoms with Crippen molar-refractivity contribution >= 4 is 44.5 Å². The summed E-state index contributed by atoms with van der Waals surface area (Å²) in [5.41, 5.74) is 9.19. The molecule has 1 aliphatic rings. The third kappa shape index (κ3) is 11.9. The Kier molecular flexibility index (Phi) is 10.8. The summed E-state index contributed by atoms with van der Waals surface area (Å²) in [7, 11) is -10.8. The summed E-state index contributed by atoms with van der Waals surface area (Å²) in [5.74, 6) is 4.72. The molecule has 168 valence electrons. The van der Waals surface area contributed by atoms with Crippen LogP contribution in [-0.4, -0.2) is 25.9 Å². The van der Waals surface area contributed by atoms with Crippen molar-refractivity contribution in [3.05, 3.63) is 69.8 Å². The summed E-state index contributed by atoms with van der Waals surface area (Å²) >= 11 is 3.03. The zero-order valence-electron chi connectivity index (χ0n) is 16.2. The molecule has 0 saturated heterocycles. The zero-order chi connectivity index (χ0) is 22.9. The molecule has 0 unspecified atom stereocenters. The van der Waals surface area contributed by atoms with Gasteiger partial charge in [0.2, 0.25) is 0 Å². The Labute approximate surface area is 184 Å². The largest absolute Gasteiger partial charge is 0.722 e. The fraction of sp³-hybridized carbons (Fsp3) is 0.333. The first kappa shape index (κ1) is 26.9. The molecule has 2 aromatic rings. The molecular formula is C18H22F2O6S4. The lowest BCUT2D eigenvalue weighted by Gasteiger charge is -2.10. The lowest BCUT2D eigenvalue weighted by atomic mass is 10.0. The van der Waals surface area contributed by atoms with Crippen molar-refractivity contribution in [1.82, 2.24) is 0 Å². The average Bonchev–Trinajstić information content (AvgIpc) is 2.57. The van der Waals surface area contributed by atoms with Crippen LogP contribution < -0.4 is 0 Å². The Morgan fingerprint density at radius 3 is 1.07 bits per heavy atom. The van der Waals surface area contributed by atoms with E-state index in [1.165, 1.54) is 79.9 Å². The van der Waals surface area contributed by atoms with E-state index in [9.17, 15) is 7.77 Å². The highest BCUT2D eigenvalue weighted by Gasteiger charge is 2.15. The van der Waals surface area contributed by atoms with Crippen LogP contribution in [0.1, 0.15) is 33.4 Å². The molecule has 1 heterocycles. The molecule has 12 heteroatoms. The van der Waals surface area contributed by atoms with Crippen LogP contribution in [0.4, 0.5) is 7.77 Å². The van der Waals surface area contributed by atoms with Crippen molar-refractivity contribution in [3.8, 4) is 0 Å². The molecule has 2 aromatic carbocycles. The predicted molar refractivity (Wildman–Crippen MR) is 116 cm³/mol. The lowest BCUT2D eigenvalue weighted by Crippen LogP contribution is -2.04. The maximum Gasteiger partial charge on any atom is 0.255 e. The topological polar surface area (TPSA) is 114 Å². The first-order valence-corrected chi connectivity index (χ1v) is 13.6. The SMILES string of the molecule is Cc1c2cccc1C[SH+]Cc1cccc(c1C)C[SH+]C2.O=S(=O)([O-])F.O=S(=O)([O-])F. The minimum atomic E-state index is -5.42. The van der Waals surface area contributed by atoms with Gasteiger partial charge >= 0.3 is 0 Å². The molecule has 0 amide bonds. The van der Waals surface area contributed by atoms with Gasteiger partial charge in [-0.05, 0) is 48.5 Å². The van der Waals surface area contributed by atoms with Crippen LogP contribution in [0, 0.1) is 13.8 Å². The molecule has 4 bridgehead atoms. The van der Waals surface area contributed by atoms with Crippen molar-refractivity contribution in [2.75, 3.05) is 0 Å². The molecule has 0 N–H and O–H groups in total. The molecule has 0 aromatic heterocycles. The van der Waals surface area contributed by atoms with Gasteiger partial charge in [-0.3, -0.25) is 0 Å². The van der Waals surface area contributed by atoms with Gasteiger partial charge < -0.3 is 9.11 Å². The van der Waals surface area contributed by atoms with Crippen LogP contribution in [0.2, 0.25) is 0 Å². The Bertz CT molecular complexity index is 910. The van der Waals surface area contributed by atoms with Crippen LogP contribution in [0.15, 0.2) is 36.4 Å². The average molecular weight is 501 g/mol. The summed E-state index contributed by atoms with van der Waals surface area (Å²) in [6.07, 6.45) is 0. The fourth-order valence-electron chi connectivity index (χ4n) is 2.75. The molecule has 0 atom stereocenters. The third-order valence-corrected chi connectivity index (χ3v) is 6.50. The highest BCUT2D eigenvalue weighted by Crippen LogP contribution is 2.21. The van der Waals surface area contributed by atoms with E-state index < -0.39 is 21.0 Å². The third-order valence-electron chi connectivity index (χ3n) is 4.24. The van der Waals surface area contributed by atoms with Gasteiger partial charge in [0.1, 0.15) is 23.0 Å². The molecule has 0 saturated carbocycles. The van der Waals surface area contributed by atoms with Crippen LogP contribution in [0.5, 0.6) is 0 Å². The van der Waals surface area contributed by atoms with Gasteiger partial charge in [0.15, 0.2) is 0 Å². The molecular weight excluding hydrogens is 478 g/mol. The van der Waals surface area contributed by atoms with E-state index in [4.69, 9.17) is 25.9 Å². The quantitative estimate of drug-likeness (QED) is 0.238. The van der Waals surface area contributed by atoms with Gasteiger partial charge in [-0.1, -0.05) is 36.4 Å². The van der Waals surface area contributed by atoms with Crippen LogP contribution >= 0.6 is 0 Å². The van der Waals surface area contributed by atoms with E-state index in [1.54, 1.807) is 0 Å². The first-order chi connectivity index (χ1) is 13.8. The van der Waals surface area contributed by atoms with Gasteiger partial charge in [-0.25, -0.2) is 16.8 Å². The summed E-state index contributed by atoms with van der Waals surface area (Å²) in [5, 5.41) is 0. The minimum absolute atomic E-state index is 1.18. The highest BCUT2D eigenvalue weighted by atomic mass is 32.3. The standard InChI is InChI=1S/C18H20S2.2FHO3S/c1-13-15-5-3-6-16(13)10-20-12-18-8-4-7-17(14(18)2)11-19-9-15;2*1-5(2,3)4/h3-8H,9-12H2,1-2H3;2*(H,2,3,4). The zero-order valence-corrected chi connectivity index (χ0v) is 19.6. The van der Waals surface area contributed by atoms with Crippen molar-refractivity contribution in [3.63, 3.8) is 0 Å². The molecule has 0 aliphatic carbocycles. The van der Waals surface area contributed by atoms with E-state index >= 15 is 0 Å². The van der Waals surface area contributed by atoms with E-state index in [2.05, 4.69) is 50.2 Å². The number of hydrogen-bond acceptors (Lipinski definition) is 6. The van der Waals surface area contributed by atoms with Gasteiger partial charge in [0, 0.05) is 22.3 Å². The summed E-state index contributed by atoms with van der Waals surface area (Å²) in [6, 6.07) is 13.7. The maximum atomic E-state index is 10.1. The van der Waals surface area contributed by atoms with Crippen LogP contribution in [0.25, 0.3) is 0 Å². The molecule has 30 heavy (non-hydrogen) atoms. The lowest BCUT2D eigenvalue weighted by molar-refractivity contribution is 0.414. The van der Waals surface area contributed by atoms with Gasteiger partial charge in [-0.2, -0.15) is 0 Å². The Balaban J connectivity index is 0.000000378. The molecule has 0 fully saturated rings. The second kappa shape index (κ2) is 12.0. The molecule has 3 rings (SSSR count). The van der Waals surface area contributed by atoms with Crippen LogP contribution in [0.3, 0.4) is 0 Å². The normalized spacial score (nSPS) is 14.1. The monoisotopic (exact) mass is 500 g/mol. The van der Waals surface area contributed by atoms with Crippen molar-refractivity contribution in [1.29, 1.82) is 0 Å². The smallest absolute Gasteiger partial charge is 0.255 e.